The predicted molar refractivity (Wildman–Crippen MR) is 149 cm³/mol. The van der Waals surface area contributed by atoms with Crippen molar-refractivity contribution in [3.05, 3.63) is 0 Å². The fourth-order valence-electron chi connectivity index (χ4n) is 2.26. The van der Waals surface area contributed by atoms with Crippen molar-refractivity contribution in [2.24, 2.45) is 11.5 Å². The van der Waals surface area contributed by atoms with Crippen molar-refractivity contribution in [2.45, 2.75) is 99.6 Å². The molecule has 0 aliphatic heterocycles. The second-order valence-electron chi connectivity index (χ2n) is 7.29. The van der Waals surface area contributed by atoms with Crippen molar-refractivity contribution in [1.82, 2.24) is 0 Å². The number of hydrogen-bond acceptors (Lipinski definition) is 10. The van der Waals surface area contributed by atoms with E-state index in [1.807, 2.05) is 27.7 Å². The normalized spacial score (nSPS) is 12.5. The highest BCUT2D eigenvalue weighted by atomic mass is 28.4. The second-order valence-corrected chi connectivity index (χ2v) is 12.9. The molecule has 35 heavy (non-hydrogen) atoms. The molecule has 0 aliphatic rings. The van der Waals surface area contributed by atoms with Gasteiger partial charge in [0.1, 0.15) is 0 Å². The molecule has 0 saturated carbocycles. The minimum atomic E-state index is -2.63. The summed E-state index contributed by atoms with van der Waals surface area (Å²) in [6.45, 7) is 13.1. The Bertz CT molecular complexity index is 451. The van der Waals surface area contributed by atoms with Gasteiger partial charge in [0.05, 0.1) is 18.3 Å². The van der Waals surface area contributed by atoms with Gasteiger partial charge in [-0.05, 0) is 67.5 Å². The molecule has 0 fully saturated rings. The quantitative estimate of drug-likeness (QED) is 0.168. The maximum absolute atomic E-state index is 8.38. The van der Waals surface area contributed by atoms with Crippen LogP contribution in [-0.2, 0) is 26.6 Å². The van der Waals surface area contributed by atoms with Crippen LogP contribution < -0.4 is 11.5 Å². The molecule has 0 heterocycles. The third kappa shape index (κ3) is 24.9. The van der Waals surface area contributed by atoms with Crippen LogP contribution in [0.5, 0.6) is 0 Å². The molecule has 12 heteroatoms. The number of terminal acetylenes is 1. The molecule has 0 aromatic heterocycles. The zero-order valence-corrected chi connectivity index (χ0v) is 24.0. The van der Waals surface area contributed by atoms with Gasteiger partial charge in [0.15, 0.2) is 0 Å². The Kier molecular flexibility index (Phi) is 35.6. The molecule has 10 nitrogen and oxygen atoms in total. The van der Waals surface area contributed by atoms with E-state index in [1.165, 1.54) is 0 Å². The van der Waals surface area contributed by atoms with Crippen LogP contribution in [-0.4, -0.2) is 86.7 Å². The summed E-state index contributed by atoms with van der Waals surface area (Å²) >= 11 is 0. The number of aliphatic hydroxyl groups excluding tert-OH is 2. The van der Waals surface area contributed by atoms with Crippen molar-refractivity contribution in [2.75, 3.05) is 40.5 Å². The van der Waals surface area contributed by atoms with Crippen LogP contribution in [0, 0.1) is 12.5 Å². The molecule has 0 bridgehead atoms. The van der Waals surface area contributed by atoms with Crippen molar-refractivity contribution >= 4 is 17.6 Å². The van der Waals surface area contributed by atoms with Crippen LogP contribution in [0.3, 0.4) is 0 Å². The lowest BCUT2D eigenvalue weighted by Crippen LogP contribution is -2.45. The van der Waals surface area contributed by atoms with Gasteiger partial charge in [-0.2, -0.15) is 0 Å². The van der Waals surface area contributed by atoms with Crippen molar-refractivity contribution < 1.29 is 36.8 Å². The molecule has 0 aromatic carbocycles. The molecule has 0 saturated heterocycles. The van der Waals surface area contributed by atoms with Gasteiger partial charge >= 0.3 is 17.6 Å². The summed E-state index contributed by atoms with van der Waals surface area (Å²) in [5, 5.41) is 16.8. The van der Waals surface area contributed by atoms with Gasteiger partial charge < -0.3 is 48.2 Å². The zero-order valence-electron chi connectivity index (χ0n) is 22.0. The Hall–Kier alpha value is -0.566. The first kappa shape index (κ1) is 44.4. The lowest BCUT2D eigenvalue weighted by molar-refractivity contribution is 0.0438. The molecule has 0 amide bonds. The van der Waals surface area contributed by atoms with Crippen molar-refractivity contribution in [1.29, 1.82) is 0 Å². The van der Waals surface area contributed by atoms with Gasteiger partial charge in [-0.3, -0.25) is 0 Å². The minimum Gasteiger partial charge on any atom is -0.451 e. The number of nitrogens with two attached hydrogens (primary N) is 2. The van der Waals surface area contributed by atoms with E-state index in [9.17, 15) is 0 Å². The van der Waals surface area contributed by atoms with E-state index in [1.54, 1.807) is 28.1 Å². The van der Waals surface area contributed by atoms with Gasteiger partial charge in [-0.15, -0.1) is 0 Å². The highest BCUT2D eigenvalue weighted by Crippen LogP contribution is 2.18. The highest BCUT2D eigenvalue weighted by molar-refractivity contribution is 6.61. The summed E-state index contributed by atoms with van der Waals surface area (Å²) < 4.78 is 32.6. The first-order valence-electron chi connectivity index (χ1n) is 11.4. The number of rotatable bonds is 16. The fourth-order valence-corrected chi connectivity index (χ4v) is 6.79. The van der Waals surface area contributed by atoms with E-state index >= 15 is 0 Å². The van der Waals surface area contributed by atoms with Gasteiger partial charge in [0, 0.05) is 45.6 Å². The van der Waals surface area contributed by atoms with Crippen molar-refractivity contribution in [3.63, 3.8) is 0 Å². The Morgan fingerprint density at radius 3 is 1.40 bits per heavy atom. The molecule has 216 valence electrons. The molecule has 0 aromatic rings. The Morgan fingerprint density at radius 2 is 1.17 bits per heavy atom. The van der Waals surface area contributed by atoms with Gasteiger partial charge in [0.2, 0.25) is 0 Å². The van der Waals surface area contributed by atoms with Gasteiger partial charge in [0.25, 0.3) is 0 Å². The summed E-state index contributed by atoms with van der Waals surface area (Å²) in [6, 6.07) is 1.46. The molecule has 6 N–H and O–H groups in total. The summed E-state index contributed by atoms with van der Waals surface area (Å²) in [5.74, 6) is 0. The topological polar surface area (TPSA) is 148 Å². The van der Waals surface area contributed by atoms with Crippen LogP contribution >= 0.6 is 0 Å². The lowest BCUT2D eigenvalue weighted by atomic mass is 10.3. The standard InChI is InChI=1S/C9H19NO3Si.C8H21NO3Si.C4H10O2.2CH4/c1-4-11-14(12-5-2,13-6-3)9-7-8-10;1-8(2)12-13(10-3,11-4)7-5-6-9;1-3(5)4(2)6;;/h1H,5-10H2,2-3H3;8H,5-7,9H2,1-4H3;3-6H,1-2H3;2*1H4. The Balaban J connectivity index is -0.000000134. The molecular formula is C23H58N2O8Si2. The molecule has 2 unspecified atom stereocenters. The summed E-state index contributed by atoms with van der Waals surface area (Å²) in [4.78, 5) is 0. The first-order chi connectivity index (χ1) is 15.5. The van der Waals surface area contributed by atoms with E-state index in [4.69, 9.17) is 54.7 Å². The average molecular weight is 547 g/mol. The lowest BCUT2D eigenvalue weighted by Gasteiger charge is -2.28. The summed E-state index contributed by atoms with van der Waals surface area (Å²) in [6.07, 6.45) is 7.90. The Morgan fingerprint density at radius 1 is 0.800 bits per heavy atom. The van der Waals surface area contributed by atoms with E-state index in [-0.39, 0.29) is 21.0 Å². The van der Waals surface area contributed by atoms with Crippen LogP contribution in [0.25, 0.3) is 0 Å². The molecule has 0 spiro atoms. The van der Waals surface area contributed by atoms with E-state index in [2.05, 4.69) is 6.11 Å². The average Bonchev–Trinajstić information content (AvgIpc) is 2.76. The van der Waals surface area contributed by atoms with Crippen LogP contribution in [0.15, 0.2) is 0 Å². The SMILES string of the molecule is C.C.C#CO[Si](CCCN)(OCC)OCC.CC(O)C(C)O.CO[Si](CCCN)(OC)OC(C)C. The van der Waals surface area contributed by atoms with E-state index < -0.39 is 29.8 Å². The summed E-state index contributed by atoms with van der Waals surface area (Å²) in [7, 11) is -1.77. The second kappa shape index (κ2) is 28.0. The fraction of sp³-hybridized carbons (Fsp3) is 0.913. The zero-order chi connectivity index (χ0) is 26.3. The largest absolute Gasteiger partial charge is 0.574 e. The molecule has 0 aliphatic carbocycles. The highest BCUT2D eigenvalue weighted by Gasteiger charge is 2.42. The molecule has 2 atom stereocenters. The van der Waals surface area contributed by atoms with Gasteiger partial charge in [-0.1, -0.05) is 21.3 Å². The monoisotopic (exact) mass is 546 g/mol. The molecule has 0 rings (SSSR count). The van der Waals surface area contributed by atoms with Gasteiger partial charge in [-0.25, -0.2) is 0 Å². The van der Waals surface area contributed by atoms with Crippen LogP contribution in [0.4, 0.5) is 0 Å². The molecule has 0 radical (unpaired) electrons. The number of hydrogen-bond donors (Lipinski definition) is 4. The maximum Gasteiger partial charge on any atom is 0.574 e. The van der Waals surface area contributed by atoms with Crippen LogP contribution in [0.1, 0.15) is 69.2 Å². The minimum absolute atomic E-state index is 0. The van der Waals surface area contributed by atoms with E-state index in [0.29, 0.717) is 32.3 Å². The maximum atomic E-state index is 8.38. The predicted octanol–water partition coefficient (Wildman–Crippen LogP) is 2.97. The third-order valence-corrected chi connectivity index (χ3v) is 9.94. The van der Waals surface area contributed by atoms with E-state index in [0.717, 1.165) is 18.9 Å². The number of aliphatic hydroxyl groups is 2. The first-order valence-corrected chi connectivity index (χ1v) is 15.3. The molecular weight excluding hydrogens is 488 g/mol. The smallest absolute Gasteiger partial charge is 0.451 e. The summed E-state index contributed by atoms with van der Waals surface area (Å²) in [5.41, 5.74) is 10.9. The van der Waals surface area contributed by atoms with Crippen LogP contribution in [0.2, 0.25) is 12.1 Å². The van der Waals surface area contributed by atoms with Crippen molar-refractivity contribution in [3.8, 4) is 12.5 Å². The third-order valence-electron chi connectivity index (χ3n) is 4.05. The Labute approximate surface area is 218 Å².